The standard InChI is InChI=1S/C21H28ClN3O2S/c1-2-18-20(27)25(21(28-18)16-5-3-4-6-17(16)22)14-11-23-9-12-24(13-10-23)19(26)15-7-8-15/h3-6,15,18,21H,2,7-14H2,1H3/p+1/t18-,21-/m1/s1. The molecule has 0 spiro atoms. The first-order valence-corrected chi connectivity index (χ1v) is 11.7. The zero-order chi connectivity index (χ0) is 19.7. The second-order valence-electron chi connectivity index (χ2n) is 8.04. The highest BCUT2D eigenvalue weighted by atomic mass is 35.5. The molecule has 0 radical (unpaired) electrons. The SMILES string of the molecule is CC[C@H]1S[C@H](c2ccccc2Cl)N(CC[NH+]2CCN(C(=O)C3CC3)CC2)C1=O. The Morgan fingerprint density at radius 3 is 2.61 bits per heavy atom. The summed E-state index contributed by atoms with van der Waals surface area (Å²) in [4.78, 5) is 30.7. The lowest BCUT2D eigenvalue weighted by atomic mass is 10.2. The molecule has 1 N–H and O–H groups in total. The van der Waals surface area contributed by atoms with Crippen LogP contribution < -0.4 is 4.90 Å². The molecule has 0 unspecified atom stereocenters. The molecule has 0 bridgehead atoms. The highest BCUT2D eigenvalue weighted by Gasteiger charge is 2.41. The van der Waals surface area contributed by atoms with Gasteiger partial charge in [-0.3, -0.25) is 9.59 Å². The lowest BCUT2D eigenvalue weighted by Crippen LogP contribution is -3.15. The van der Waals surface area contributed by atoms with Crippen LogP contribution >= 0.6 is 23.4 Å². The van der Waals surface area contributed by atoms with Crippen LogP contribution in [0.1, 0.15) is 37.1 Å². The van der Waals surface area contributed by atoms with Crippen LogP contribution in [0.2, 0.25) is 5.02 Å². The van der Waals surface area contributed by atoms with Gasteiger partial charge in [-0.1, -0.05) is 36.7 Å². The molecular formula is C21H29ClN3O2S+. The van der Waals surface area contributed by atoms with Crippen molar-refractivity contribution in [3.8, 4) is 0 Å². The maximum absolute atomic E-state index is 12.9. The van der Waals surface area contributed by atoms with Gasteiger partial charge in [0, 0.05) is 16.5 Å². The van der Waals surface area contributed by atoms with E-state index in [-0.39, 0.29) is 16.5 Å². The number of nitrogens with one attached hydrogen (secondary N) is 1. The Kier molecular flexibility index (Phi) is 6.18. The molecule has 1 aromatic rings. The predicted octanol–water partition coefficient (Wildman–Crippen LogP) is 1.83. The van der Waals surface area contributed by atoms with Crippen molar-refractivity contribution in [2.75, 3.05) is 39.3 Å². The number of benzene rings is 1. The van der Waals surface area contributed by atoms with Crippen LogP contribution in [0.4, 0.5) is 0 Å². The van der Waals surface area contributed by atoms with E-state index >= 15 is 0 Å². The third-order valence-corrected chi connectivity index (χ3v) is 8.07. The summed E-state index contributed by atoms with van der Waals surface area (Å²) in [5, 5.41) is 0.752. The summed E-state index contributed by atoms with van der Waals surface area (Å²) in [6.07, 6.45) is 2.99. The Bertz CT molecular complexity index is 734. The maximum Gasteiger partial charge on any atom is 0.237 e. The fourth-order valence-corrected chi connectivity index (χ4v) is 5.93. The minimum absolute atomic E-state index is 0.00304. The molecule has 3 fully saturated rings. The average Bonchev–Trinajstić information content (AvgIpc) is 3.51. The van der Waals surface area contributed by atoms with E-state index in [2.05, 4.69) is 6.92 Å². The lowest BCUT2D eigenvalue weighted by molar-refractivity contribution is -0.903. The highest BCUT2D eigenvalue weighted by molar-refractivity contribution is 8.01. The molecule has 2 saturated heterocycles. The van der Waals surface area contributed by atoms with Crippen molar-refractivity contribution in [1.29, 1.82) is 0 Å². The van der Waals surface area contributed by atoms with Gasteiger partial charge < -0.3 is 14.7 Å². The quantitative estimate of drug-likeness (QED) is 0.760. The molecule has 1 aliphatic carbocycles. The predicted molar refractivity (Wildman–Crippen MR) is 112 cm³/mol. The summed E-state index contributed by atoms with van der Waals surface area (Å²) in [6.45, 7) is 7.38. The van der Waals surface area contributed by atoms with Gasteiger partial charge >= 0.3 is 0 Å². The van der Waals surface area contributed by atoms with Crippen molar-refractivity contribution in [3.05, 3.63) is 34.9 Å². The van der Waals surface area contributed by atoms with Gasteiger partial charge in [-0.25, -0.2) is 0 Å². The number of carbonyl (C=O) groups is 2. The summed E-state index contributed by atoms with van der Waals surface area (Å²) >= 11 is 8.16. The van der Waals surface area contributed by atoms with Crippen LogP contribution in [0.5, 0.6) is 0 Å². The maximum atomic E-state index is 12.9. The summed E-state index contributed by atoms with van der Waals surface area (Å²) in [7, 11) is 0. The van der Waals surface area contributed by atoms with Crippen molar-refractivity contribution in [1.82, 2.24) is 9.80 Å². The Morgan fingerprint density at radius 2 is 1.96 bits per heavy atom. The first-order valence-electron chi connectivity index (χ1n) is 10.4. The number of hydrogen-bond acceptors (Lipinski definition) is 3. The zero-order valence-electron chi connectivity index (χ0n) is 16.4. The molecule has 5 nitrogen and oxygen atoms in total. The molecule has 2 heterocycles. The number of thioether (sulfide) groups is 1. The molecule has 0 aromatic heterocycles. The van der Waals surface area contributed by atoms with Crippen molar-refractivity contribution in [3.63, 3.8) is 0 Å². The molecule has 3 aliphatic rings. The molecule has 2 aliphatic heterocycles. The van der Waals surface area contributed by atoms with Crippen LogP contribution in [-0.2, 0) is 9.59 Å². The average molecular weight is 423 g/mol. The minimum Gasteiger partial charge on any atom is -0.331 e. The third-order valence-electron chi connectivity index (χ3n) is 6.09. The van der Waals surface area contributed by atoms with E-state index in [4.69, 9.17) is 11.6 Å². The number of carbonyl (C=O) groups excluding carboxylic acids is 2. The van der Waals surface area contributed by atoms with Gasteiger partial charge in [0.25, 0.3) is 0 Å². The zero-order valence-corrected chi connectivity index (χ0v) is 18.0. The summed E-state index contributed by atoms with van der Waals surface area (Å²) in [6, 6.07) is 7.86. The van der Waals surface area contributed by atoms with E-state index in [1.807, 2.05) is 34.1 Å². The van der Waals surface area contributed by atoms with Crippen molar-refractivity contribution < 1.29 is 14.5 Å². The second kappa shape index (κ2) is 8.64. The molecule has 28 heavy (non-hydrogen) atoms. The Labute approximate surface area is 176 Å². The molecule has 152 valence electrons. The molecule has 2 amide bonds. The van der Waals surface area contributed by atoms with Gasteiger partial charge in [0.1, 0.15) is 5.37 Å². The Balaban J connectivity index is 1.36. The summed E-state index contributed by atoms with van der Waals surface area (Å²) in [5.41, 5.74) is 1.04. The monoisotopic (exact) mass is 422 g/mol. The second-order valence-corrected chi connectivity index (χ2v) is 9.73. The Hall–Kier alpha value is -1.24. The van der Waals surface area contributed by atoms with E-state index in [1.165, 1.54) is 4.90 Å². The number of halogens is 1. The number of rotatable bonds is 6. The van der Waals surface area contributed by atoms with E-state index in [0.29, 0.717) is 11.8 Å². The molecular weight excluding hydrogens is 394 g/mol. The van der Waals surface area contributed by atoms with Crippen LogP contribution in [0.3, 0.4) is 0 Å². The van der Waals surface area contributed by atoms with Crippen LogP contribution in [-0.4, -0.2) is 66.1 Å². The lowest BCUT2D eigenvalue weighted by Gasteiger charge is -2.34. The van der Waals surface area contributed by atoms with E-state index < -0.39 is 0 Å². The van der Waals surface area contributed by atoms with E-state index in [0.717, 1.165) is 69.1 Å². The highest BCUT2D eigenvalue weighted by Crippen LogP contribution is 2.45. The first-order chi connectivity index (χ1) is 13.6. The Morgan fingerprint density at radius 1 is 1.25 bits per heavy atom. The van der Waals surface area contributed by atoms with Gasteiger partial charge in [0.2, 0.25) is 11.8 Å². The summed E-state index contributed by atoms with van der Waals surface area (Å²) in [5.74, 6) is 0.900. The number of nitrogens with zero attached hydrogens (tertiary/aromatic N) is 2. The minimum atomic E-state index is 0.00304. The molecule has 2 atom stereocenters. The van der Waals surface area contributed by atoms with Gasteiger partial charge in [0.15, 0.2) is 0 Å². The smallest absolute Gasteiger partial charge is 0.237 e. The number of amides is 2. The third kappa shape index (κ3) is 4.19. The van der Waals surface area contributed by atoms with Gasteiger partial charge in [-0.05, 0) is 25.3 Å². The number of piperazine rings is 1. The molecule has 7 heteroatoms. The molecule has 1 aromatic carbocycles. The molecule has 4 rings (SSSR count). The van der Waals surface area contributed by atoms with Crippen LogP contribution in [0.15, 0.2) is 24.3 Å². The van der Waals surface area contributed by atoms with Crippen molar-refractivity contribution in [2.45, 2.75) is 36.8 Å². The van der Waals surface area contributed by atoms with Crippen LogP contribution in [0, 0.1) is 5.92 Å². The largest absolute Gasteiger partial charge is 0.331 e. The van der Waals surface area contributed by atoms with Gasteiger partial charge in [-0.2, -0.15) is 0 Å². The van der Waals surface area contributed by atoms with Gasteiger partial charge in [0.05, 0.1) is 44.5 Å². The molecule has 1 saturated carbocycles. The fourth-order valence-electron chi connectivity index (χ4n) is 4.16. The van der Waals surface area contributed by atoms with E-state index in [9.17, 15) is 9.59 Å². The summed E-state index contributed by atoms with van der Waals surface area (Å²) < 4.78 is 0. The van der Waals surface area contributed by atoms with E-state index in [1.54, 1.807) is 11.8 Å². The van der Waals surface area contributed by atoms with Crippen molar-refractivity contribution in [2.24, 2.45) is 5.92 Å². The number of hydrogen-bond donors (Lipinski definition) is 1. The van der Waals surface area contributed by atoms with Crippen LogP contribution in [0.25, 0.3) is 0 Å². The normalized spacial score (nSPS) is 26.1. The first kappa shape index (κ1) is 20.0. The van der Waals surface area contributed by atoms with Gasteiger partial charge in [-0.15, -0.1) is 11.8 Å². The van der Waals surface area contributed by atoms with Crippen molar-refractivity contribution >= 4 is 35.2 Å². The fraction of sp³-hybridized carbons (Fsp3) is 0.619. The number of quaternary nitrogens is 1. The topological polar surface area (TPSA) is 45.1 Å².